The number of nitrogens with zero attached hydrogens (tertiary/aromatic N) is 1. The van der Waals surface area contributed by atoms with E-state index in [1.807, 2.05) is 17.9 Å². The van der Waals surface area contributed by atoms with Crippen LogP contribution in [0.5, 0.6) is 0 Å². The number of carbonyl (C=O) groups excluding carboxylic acids is 1. The number of likely N-dealkylation sites (tertiary alicyclic amines) is 1. The molecule has 0 bridgehead atoms. The number of amides is 1. The average Bonchev–Trinajstić information content (AvgIpc) is 2.90. The first kappa shape index (κ1) is 13.3. The summed E-state index contributed by atoms with van der Waals surface area (Å²) in [4.78, 5) is 24.7. The summed E-state index contributed by atoms with van der Waals surface area (Å²) in [5.74, 6) is -0.948. The normalized spacial score (nSPS) is 15.1. The van der Waals surface area contributed by atoms with Crippen LogP contribution in [0.3, 0.4) is 0 Å². The van der Waals surface area contributed by atoms with Gasteiger partial charge in [-0.2, -0.15) is 0 Å². The first-order valence-electron chi connectivity index (χ1n) is 6.39. The number of benzene rings is 1. The highest BCUT2D eigenvalue weighted by atomic mass is 16.4. The Kier molecular flexibility index (Phi) is 4.00. The largest absolute Gasteiger partial charge is 0.478 e. The molecule has 1 saturated heterocycles. The molecule has 1 fully saturated rings. The highest BCUT2D eigenvalue weighted by Gasteiger charge is 2.21. The van der Waals surface area contributed by atoms with Crippen molar-refractivity contribution in [3.05, 3.63) is 41.0 Å². The van der Waals surface area contributed by atoms with Crippen molar-refractivity contribution in [2.75, 3.05) is 13.1 Å². The Labute approximate surface area is 112 Å². The number of hydrogen-bond donors (Lipinski definition) is 1. The molecule has 100 valence electrons. The maximum absolute atomic E-state index is 12.3. The fourth-order valence-electron chi connectivity index (χ4n) is 2.32. The monoisotopic (exact) mass is 259 g/mol. The topological polar surface area (TPSA) is 57.6 Å². The van der Waals surface area contributed by atoms with Crippen molar-refractivity contribution in [1.29, 1.82) is 0 Å². The minimum atomic E-state index is -0.990. The lowest BCUT2D eigenvalue weighted by Crippen LogP contribution is -2.28. The van der Waals surface area contributed by atoms with Crippen LogP contribution in [0.15, 0.2) is 24.3 Å². The fourth-order valence-corrected chi connectivity index (χ4v) is 2.32. The molecule has 1 amide bonds. The quantitative estimate of drug-likeness (QED) is 0.847. The number of hydrogen-bond acceptors (Lipinski definition) is 2. The summed E-state index contributed by atoms with van der Waals surface area (Å²) in [6.07, 6.45) is 4.73. The zero-order valence-electron chi connectivity index (χ0n) is 10.9. The third kappa shape index (κ3) is 3.02. The lowest BCUT2D eigenvalue weighted by Gasteiger charge is -2.17. The Balaban J connectivity index is 2.28. The number of aliphatic carboxylic acids is 1. The fraction of sp³-hybridized carbons (Fsp3) is 0.333. The predicted octanol–water partition coefficient (Wildman–Crippen LogP) is 2.33. The number of rotatable bonds is 3. The van der Waals surface area contributed by atoms with Gasteiger partial charge in [0, 0.05) is 24.7 Å². The number of carboxylic acids is 1. The smallest absolute Gasteiger partial charge is 0.328 e. The molecule has 0 atom stereocenters. The third-order valence-electron chi connectivity index (χ3n) is 3.40. The minimum Gasteiger partial charge on any atom is -0.478 e. The van der Waals surface area contributed by atoms with Crippen molar-refractivity contribution in [3.8, 4) is 0 Å². The van der Waals surface area contributed by atoms with Gasteiger partial charge >= 0.3 is 5.97 Å². The molecule has 4 nitrogen and oxygen atoms in total. The van der Waals surface area contributed by atoms with Crippen LogP contribution >= 0.6 is 0 Å². The van der Waals surface area contributed by atoms with Gasteiger partial charge in [0.05, 0.1) is 0 Å². The van der Waals surface area contributed by atoms with Gasteiger partial charge in [-0.15, -0.1) is 0 Å². The van der Waals surface area contributed by atoms with Gasteiger partial charge < -0.3 is 10.0 Å². The van der Waals surface area contributed by atoms with Crippen LogP contribution in [-0.2, 0) is 4.79 Å². The van der Waals surface area contributed by atoms with Crippen molar-refractivity contribution in [2.24, 2.45) is 0 Å². The lowest BCUT2D eigenvalue weighted by atomic mass is 10.0. The number of carbonyl (C=O) groups is 2. The van der Waals surface area contributed by atoms with Gasteiger partial charge in [-0.3, -0.25) is 4.79 Å². The van der Waals surface area contributed by atoms with E-state index in [9.17, 15) is 9.59 Å². The van der Waals surface area contributed by atoms with Gasteiger partial charge in [0.15, 0.2) is 0 Å². The summed E-state index contributed by atoms with van der Waals surface area (Å²) >= 11 is 0. The van der Waals surface area contributed by atoms with Crippen molar-refractivity contribution in [1.82, 2.24) is 4.90 Å². The predicted molar refractivity (Wildman–Crippen MR) is 73.0 cm³/mol. The standard InChI is InChI=1S/C15H17NO3/c1-11-12(7-8-14(17)18)5-4-6-13(11)15(19)16-9-2-3-10-16/h4-8H,2-3,9-10H2,1H3,(H,17,18)/b8-7+. The van der Waals surface area contributed by atoms with Crippen LogP contribution in [0, 0.1) is 6.92 Å². The zero-order valence-corrected chi connectivity index (χ0v) is 10.9. The molecule has 1 aliphatic heterocycles. The van der Waals surface area contributed by atoms with E-state index in [-0.39, 0.29) is 5.91 Å². The molecule has 1 aliphatic rings. The lowest BCUT2D eigenvalue weighted by molar-refractivity contribution is -0.131. The molecule has 1 aromatic carbocycles. The van der Waals surface area contributed by atoms with E-state index < -0.39 is 5.97 Å². The molecule has 1 N–H and O–H groups in total. The summed E-state index contributed by atoms with van der Waals surface area (Å²) in [5.41, 5.74) is 2.26. The summed E-state index contributed by atoms with van der Waals surface area (Å²) in [6, 6.07) is 5.40. The van der Waals surface area contributed by atoms with E-state index in [2.05, 4.69) is 0 Å². The summed E-state index contributed by atoms with van der Waals surface area (Å²) in [7, 11) is 0. The molecule has 2 rings (SSSR count). The molecule has 0 radical (unpaired) electrons. The summed E-state index contributed by atoms with van der Waals surface area (Å²) in [6.45, 7) is 3.48. The molecule has 4 heteroatoms. The van der Waals surface area contributed by atoms with E-state index in [1.54, 1.807) is 12.1 Å². The Morgan fingerprint density at radius 3 is 2.58 bits per heavy atom. The first-order chi connectivity index (χ1) is 9.09. The van der Waals surface area contributed by atoms with Crippen LogP contribution in [0.1, 0.15) is 34.3 Å². The summed E-state index contributed by atoms with van der Waals surface area (Å²) in [5, 5.41) is 8.65. The maximum atomic E-state index is 12.3. The summed E-state index contributed by atoms with van der Waals surface area (Å²) < 4.78 is 0. The zero-order chi connectivity index (χ0) is 13.8. The molecule has 19 heavy (non-hydrogen) atoms. The molecule has 0 spiro atoms. The van der Waals surface area contributed by atoms with Crippen molar-refractivity contribution >= 4 is 18.0 Å². The van der Waals surface area contributed by atoms with E-state index >= 15 is 0 Å². The molecule has 0 saturated carbocycles. The molecule has 0 unspecified atom stereocenters. The van der Waals surface area contributed by atoms with Gasteiger partial charge in [0.2, 0.25) is 0 Å². The van der Waals surface area contributed by atoms with Crippen LogP contribution in [0.25, 0.3) is 6.08 Å². The molecule has 1 aromatic rings. The van der Waals surface area contributed by atoms with E-state index in [1.165, 1.54) is 6.08 Å². The van der Waals surface area contributed by atoms with Gasteiger partial charge in [0.25, 0.3) is 5.91 Å². The highest BCUT2D eigenvalue weighted by Crippen LogP contribution is 2.19. The Morgan fingerprint density at radius 1 is 1.26 bits per heavy atom. The molecular weight excluding hydrogens is 242 g/mol. The van der Waals surface area contributed by atoms with Gasteiger partial charge in [-0.1, -0.05) is 12.1 Å². The van der Waals surface area contributed by atoms with E-state index in [4.69, 9.17) is 5.11 Å². The second-order valence-electron chi connectivity index (χ2n) is 4.69. The molecular formula is C15H17NO3. The first-order valence-corrected chi connectivity index (χ1v) is 6.39. The van der Waals surface area contributed by atoms with Gasteiger partial charge in [-0.25, -0.2) is 4.79 Å². The Hall–Kier alpha value is -2.10. The van der Waals surface area contributed by atoms with Crippen LogP contribution in [0.4, 0.5) is 0 Å². The maximum Gasteiger partial charge on any atom is 0.328 e. The third-order valence-corrected chi connectivity index (χ3v) is 3.40. The SMILES string of the molecule is Cc1c(/C=C/C(=O)O)cccc1C(=O)N1CCCC1. The second-order valence-corrected chi connectivity index (χ2v) is 4.69. The minimum absolute atomic E-state index is 0.0422. The van der Waals surface area contributed by atoms with Crippen LogP contribution in [-0.4, -0.2) is 35.0 Å². The Bertz CT molecular complexity index is 528. The van der Waals surface area contributed by atoms with Crippen LogP contribution < -0.4 is 0 Å². The van der Waals surface area contributed by atoms with Crippen molar-refractivity contribution in [2.45, 2.75) is 19.8 Å². The van der Waals surface area contributed by atoms with Crippen molar-refractivity contribution in [3.63, 3.8) is 0 Å². The van der Waals surface area contributed by atoms with E-state index in [0.717, 1.165) is 43.1 Å². The van der Waals surface area contributed by atoms with Crippen LogP contribution in [0.2, 0.25) is 0 Å². The van der Waals surface area contributed by atoms with Crippen molar-refractivity contribution < 1.29 is 14.7 Å². The average molecular weight is 259 g/mol. The molecule has 1 heterocycles. The number of carboxylic acid groups (broad SMARTS) is 1. The second kappa shape index (κ2) is 5.69. The Morgan fingerprint density at radius 2 is 1.95 bits per heavy atom. The van der Waals surface area contributed by atoms with E-state index in [0.29, 0.717) is 5.56 Å². The highest BCUT2D eigenvalue weighted by molar-refractivity contribution is 5.97. The van der Waals surface area contributed by atoms with Gasteiger partial charge in [0.1, 0.15) is 0 Å². The molecule has 0 aliphatic carbocycles. The van der Waals surface area contributed by atoms with Gasteiger partial charge in [-0.05, 0) is 43.0 Å². The molecule has 0 aromatic heterocycles.